The Bertz CT molecular complexity index is 418. The lowest BCUT2D eigenvalue weighted by atomic mass is 10.1. The highest BCUT2D eigenvalue weighted by Crippen LogP contribution is 2.27. The lowest BCUT2D eigenvalue weighted by molar-refractivity contribution is -0.274. The number of halogens is 3. The van der Waals surface area contributed by atoms with Crippen LogP contribution in [0.15, 0.2) is 24.8 Å². The van der Waals surface area contributed by atoms with Crippen LogP contribution < -0.4 is 4.74 Å². The summed E-state index contributed by atoms with van der Waals surface area (Å²) in [5, 5.41) is 8.56. The van der Waals surface area contributed by atoms with Gasteiger partial charge in [-0.15, -0.1) is 13.2 Å². The zero-order valence-corrected chi connectivity index (χ0v) is 7.51. The molecular formula is C10H6F3NO. The van der Waals surface area contributed by atoms with E-state index in [0.29, 0.717) is 5.56 Å². The Balaban J connectivity index is 3.14. The quantitative estimate of drug-likeness (QED) is 0.756. The summed E-state index contributed by atoms with van der Waals surface area (Å²) in [6.07, 6.45) is -3.43. The number of ether oxygens (including phenoxy) is 1. The lowest BCUT2D eigenvalue weighted by Crippen LogP contribution is -2.17. The second-order valence-electron chi connectivity index (χ2n) is 2.62. The fourth-order valence-electron chi connectivity index (χ4n) is 0.967. The van der Waals surface area contributed by atoms with Crippen LogP contribution >= 0.6 is 0 Å². The molecule has 5 heteroatoms. The van der Waals surface area contributed by atoms with Crippen LogP contribution in [0.1, 0.15) is 11.1 Å². The molecule has 1 aromatic rings. The summed E-state index contributed by atoms with van der Waals surface area (Å²) in [6, 6.07) is 5.45. The molecule has 78 valence electrons. The minimum atomic E-state index is -4.80. The molecular weight excluding hydrogens is 207 g/mol. The number of hydrogen-bond acceptors (Lipinski definition) is 2. The number of nitriles is 1. The van der Waals surface area contributed by atoms with Gasteiger partial charge in [0.25, 0.3) is 0 Å². The molecule has 0 aliphatic rings. The van der Waals surface area contributed by atoms with Crippen molar-refractivity contribution in [2.24, 2.45) is 0 Å². The lowest BCUT2D eigenvalue weighted by Gasteiger charge is -2.10. The molecule has 15 heavy (non-hydrogen) atoms. The van der Waals surface area contributed by atoms with Gasteiger partial charge >= 0.3 is 6.36 Å². The van der Waals surface area contributed by atoms with E-state index in [1.807, 2.05) is 0 Å². The number of hydrogen-bond donors (Lipinski definition) is 0. The van der Waals surface area contributed by atoms with Gasteiger partial charge in [0.05, 0.1) is 5.56 Å². The summed E-state index contributed by atoms with van der Waals surface area (Å²) < 4.78 is 39.5. The summed E-state index contributed by atoms with van der Waals surface area (Å²) in [7, 11) is 0. The van der Waals surface area contributed by atoms with Crippen molar-refractivity contribution in [3.05, 3.63) is 35.9 Å². The molecule has 0 heterocycles. The average molecular weight is 213 g/mol. The van der Waals surface area contributed by atoms with Crippen LogP contribution in [0.4, 0.5) is 13.2 Å². The summed E-state index contributed by atoms with van der Waals surface area (Å²) in [5.74, 6) is -0.512. The van der Waals surface area contributed by atoms with Crippen LogP contribution in [-0.2, 0) is 0 Å². The Morgan fingerprint density at radius 2 is 2.07 bits per heavy atom. The van der Waals surface area contributed by atoms with Crippen LogP contribution in [0.25, 0.3) is 6.08 Å². The van der Waals surface area contributed by atoms with Crippen molar-refractivity contribution in [1.82, 2.24) is 0 Å². The van der Waals surface area contributed by atoms with Gasteiger partial charge in [-0.25, -0.2) is 0 Å². The second kappa shape index (κ2) is 4.05. The molecule has 1 rings (SSSR count). The third-order valence-corrected chi connectivity index (χ3v) is 1.59. The number of rotatable bonds is 2. The predicted molar refractivity (Wildman–Crippen MR) is 47.9 cm³/mol. The van der Waals surface area contributed by atoms with Crippen LogP contribution in [0.5, 0.6) is 5.75 Å². The van der Waals surface area contributed by atoms with Crippen molar-refractivity contribution < 1.29 is 17.9 Å². The topological polar surface area (TPSA) is 33.0 Å². The number of benzene rings is 1. The molecule has 0 aliphatic carbocycles. The van der Waals surface area contributed by atoms with Crippen molar-refractivity contribution in [1.29, 1.82) is 5.26 Å². The third kappa shape index (κ3) is 3.02. The zero-order chi connectivity index (χ0) is 11.5. The first-order chi connectivity index (χ1) is 6.96. The molecule has 0 aliphatic heterocycles. The standard InChI is InChI=1S/C10H6F3NO/c1-2-7-3-4-8(6-14)9(5-7)15-10(11,12)13/h2-5H,1H2. The van der Waals surface area contributed by atoms with Gasteiger partial charge in [0.15, 0.2) is 0 Å². The van der Waals surface area contributed by atoms with E-state index in [-0.39, 0.29) is 5.56 Å². The van der Waals surface area contributed by atoms with Gasteiger partial charge in [-0.1, -0.05) is 18.7 Å². The van der Waals surface area contributed by atoms with E-state index < -0.39 is 12.1 Å². The summed E-state index contributed by atoms with van der Waals surface area (Å²) in [4.78, 5) is 0. The number of alkyl halides is 3. The van der Waals surface area contributed by atoms with Gasteiger partial charge in [-0.3, -0.25) is 0 Å². The largest absolute Gasteiger partial charge is 0.573 e. The van der Waals surface area contributed by atoms with Gasteiger partial charge in [0, 0.05) is 0 Å². The van der Waals surface area contributed by atoms with Crippen molar-refractivity contribution in [2.45, 2.75) is 6.36 Å². The molecule has 0 aromatic heterocycles. The van der Waals surface area contributed by atoms with Gasteiger partial charge in [0.2, 0.25) is 0 Å². The Hall–Kier alpha value is -1.96. The van der Waals surface area contributed by atoms with E-state index in [4.69, 9.17) is 5.26 Å². The molecule has 0 fully saturated rings. The Morgan fingerprint density at radius 3 is 2.53 bits per heavy atom. The van der Waals surface area contributed by atoms with E-state index in [1.165, 1.54) is 18.2 Å². The Labute approximate surface area is 84.2 Å². The van der Waals surface area contributed by atoms with E-state index in [9.17, 15) is 13.2 Å². The molecule has 2 nitrogen and oxygen atoms in total. The molecule has 0 saturated heterocycles. The van der Waals surface area contributed by atoms with E-state index in [2.05, 4.69) is 11.3 Å². The molecule has 0 radical (unpaired) electrons. The molecule has 0 spiro atoms. The summed E-state index contributed by atoms with van der Waals surface area (Å²) in [6.45, 7) is 3.40. The van der Waals surface area contributed by atoms with Crippen molar-refractivity contribution >= 4 is 6.08 Å². The van der Waals surface area contributed by atoms with Crippen LogP contribution in [0.3, 0.4) is 0 Å². The second-order valence-corrected chi connectivity index (χ2v) is 2.62. The maximum Gasteiger partial charge on any atom is 0.573 e. The average Bonchev–Trinajstić information content (AvgIpc) is 2.15. The molecule has 0 unspecified atom stereocenters. The maximum absolute atomic E-state index is 11.9. The van der Waals surface area contributed by atoms with E-state index >= 15 is 0 Å². The minimum Gasteiger partial charge on any atom is -0.404 e. The molecule has 0 bridgehead atoms. The van der Waals surface area contributed by atoms with Gasteiger partial charge in [0.1, 0.15) is 11.8 Å². The highest BCUT2D eigenvalue weighted by atomic mass is 19.4. The first-order valence-corrected chi connectivity index (χ1v) is 3.88. The molecule has 0 amide bonds. The smallest absolute Gasteiger partial charge is 0.404 e. The molecule has 1 aromatic carbocycles. The van der Waals surface area contributed by atoms with E-state index in [1.54, 1.807) is 6.07 Å². The maximum atomic E-state index is 11.9. The van der Waals surface area contributed by atoms with Crippen molar-refractivity contribution in [3.63, 3.8) is 0 Å². The van der Waals surface area contributed by atoms with Crippen LogP contribution in [0, 0.1) is 11.3 Å². The van der Waals surface area contributed by atoms with Gasteiger partial charge < -0.3 is 4.74 Å². The molecule has 0 saturated carbocycles. The SMILES string of the molecule is C=Cc1ccc(C#N)c(OC(F)(F)F)c1. The Morgan fingerprint density at radius 1 is 1.40 bits per heavy atom. The summed E-state index contributed by atoms with van der Waals surface area (Å²) in [5.41, 5.74) is 0.283. The Kier molecular flexibility index (Phi) is 3.00. The first-order valence-electron chi connectivity index (χ1n) is 3.88. The van der Waals surface area contributed by atoms with Crippen molar-refractivity contribution in [2.75, 3.05) is 0 Å². The van der Waals surface area contributed by atoms with Crippen LogP contribution in [-0.4, -0.2) is 6.36 Å². The zero-order valence-electron chi connectivity index (χ0n) is 7.51. The molecule has 0 N–H and O–H groups in total. The van der Waals surface area contributed by atoms with Crippen molar-refractivity contribution in [3.8, 4) is 11.8 Å². The normalized spacial score (nSPS) is 10.5. The van der Waals surface area contributed by atoms with E-state index in [0.717, 1.165) is 6.07 Å². The monoisotopic (exact) mass is 213 g/mol. The van der Waals surface area contributed by atoms with Gasteiger partial charge in [-0.2, -0.15) is 5.26 Å². The first kappa shape index (κ1) is 11.1. The highest BCUT2D eigenvalue weighted by molar-refractivity contribution is 5.55. The minimum absolute atomic E-state index is 0.169. The van der Waals surface area contributed by atoms with Crippen LogP contribution in [0.2, 0.25) is 0 Å². The third-order valence-electron chi connectivity index (χ3n) is 1.59. The van der Waals surface area contributed by atoms with Gasteiger partial charge in [-0.05, 0) is 17.7 Å². The number of nitrogens with zero attached hydrogens (tertiary/aromatic N) is 1. The predicted octanol–water partition coefficient (Wildman–Crippen LogP) is 3.10. The summed E-state index contributed by atoms with van der Waals surface area (Å²) >= 11 is 0. The fourth-order valence-corrected chi connectivity index (χ4v) is 0.967. The highest BCUT2D eigenvalue weighted by Gasteiger charge is 2.32. The molecule has 0 atom stereocenters. The fraction of sp³-hybridized carbons (Fsp3) is 0.100.